The molecule has 0 heterocycles. The number of hydrogen-bond acceptors (Lipinski definition) is 3. The van der Waals surface area contributed by atoms with Crippen LogP contribution >= 0.6 is 11.6 Å². The van der Waals surface area contributed by atoms with Crippen LogP contribution in [0.15, 0.2) is 23.1 Å². The van der Waals surface area contributed by atoms with Gasteiger partial charge in [-0.3, -0.25) is 0 Å². The van der Waals surface area contributed by atoms with Crippen molar-refractivity contribution in [3.05, 3.63) is 23.2 Å². The molecule has 0 aliphatic carbocycles. The van der Waals surface area contributed by atoms with E-state index in [0.29, 0.717) is 12.1 Å². The molecule has 1 aromatic carbocycles. The van der Waals surface area contributed by atoms with E-state index in [9.17, 15) is 8.42 Å². The van der Waals surface area contributed by atoms with Crippen molar-refractivity contribution in [2.45, 2.75) is 51.5 Å². The molecule has 0 amide bonds. The van der Waals surface area contributed by atoms with Crippen LogP contribution in [0, 0.1) is 5.41 Å². The smallest absolute Gasteiger partial charge is 0.242 e. The third-order valence-corrected chi connectivity index (χ3v) is 4.81. The second-order valence-electron chi connectivity index (χ2n) is 6.92. The lowest BCUT2D eigenvalue weighted by molar-refractivity contribution is 0.269. The minimum Gasteiger partial charge on any atom is -0.399 e. The highest BCUT2D eigenvalue weighted by Gasteiger charge is 2.31. The lowest BCUT2D eigenvalue weighted by Crippen LogP contribution is -2.45. The molecule has 0 aliphatic rings. The van der Waals surface area contributed by atoms with E-state index >= 15 is 0 Å². The maximum Gasteiger partial charge on any atom is 0.242 e. The Hall–Kier alpha value is -0.780. The maximum absolute atomic E-state index is 12.4. The van der Waals surface area contributed by atoms with Crippen LogP contribution in [-0.4, -0.2) is 14.0 Å². The van der Waals surface area contributed by atoms with Crippen LogP contribution in [0.3, 0.4) is 0 Å². The fraction of sp³-hybridized carbons (Fsp3) is 0.571. The summed E-state index contributed by atoms with van der Waals surface area (Å²) in [6.07, 6.45) is 0.700. The van der Waals surface area contributed by atoms with Crippen molar-refractivity contribution in [1.29, 1.82) is 0 Å². The first-order valence-corrected chi connectivity index (χ1v) is 8.28. The molecule has 1 rings (SSSR count). The Labute approximate surface area is 126 Å². The summed E-state index contributed by atoms with van der Waals surface area (Å²) in [4.78, 5) is 0.0513. The van der Waals surface area contributed by atoms with Crippen LogP contribution in [0.5, 0.6) is 0 Å². The van der Waals surface area contributed by atoms with Gasteiger partial charge < -0.3 is 5.73 Å². The van der Waals surface area contributed by atoms with Crippen LogP contribution < -0.4 is 10.5 Å². The summed E-state index contributed by atoms with van der Waals surface area (Å²) in [6.45, 7) is 9.93. The molecule has 0 aliphatic heterocycles. The lowest BCUT2D eigenvalue weighted by atomic mass is 9.82. The number of hydrogen-bond donors (Lipinski definition) is 2. The van der Waals surface area contributed by atoms with Gasteiger partial charge in [0.1, 0.15) is 4.90 Å². The summed E-state index contributed by atoms with van der Waals surface area (Å²) in [6, 6.07) is 4.39. The summed E-state index contributed by atoms with van der Waals surface area (Å²) in [5.74, 6) is 0. The van der Waals surface area contributed by atoms with E-state index in [4.69, 9.17) is 17.3 Å². The van der Waals surface area contributed by atoms with Crippen molar-refractivity contribution in [2.24, 2.45) is 5.41 Å². The first-order chi connectivity index (χ1) is 8.82. The molecule has 0 atom stereocenters. The van der Waals surface area contributed by atoms with Gasteiger partial charge in [0.15, 0.2) is 0 Å². The van der Waals surface area contributed by atoms with Crippen LogP contribution in [-0.2, 0) is 10.0 Å². The topological polar surface area (TPSA) is 72.2 Å². The van der Waals surface area contributed by atoms with Gasteiger partial charge in [0.25, 0.3) is 0 Å². The molecule has 0 radical (unpaired) electrons. The number of rotatable bonds is 4. The summed E-state index contributed by atoms with van der Waals surface area (Å²) >= 11 is 5.98. The van der Waals surface area contributed by atoms with E-state index in [2.05, 4.69) is 25.5 Å². The predicted octanol–water partition coefficient (Wildman–Crippen LogP) is 3.42. The first kappa shape index (κ1) is 17.3. The summed E-state index contributed by atoms with van der Waals surface area (Å²) in [5, 5.41) is 0.129. The highest BCUT2D eigenvalue weighted by atomic mass is 35.5. The van der Waals surface area contributed by atoms with Crippen molar-refractivity contribution in [3.63, 3.8) is 0 Å². The molecular formula is C14H23ClN2O2S. The monoisotopic (exact) mass is 318 g/mol. The largest absolute Gasteiger partial charge is 0.399 e. The SMILES string of the molecule is CC(C)(C)CC(C)(C)NS(=O)(=O)c1ccc(N)cc1Cl. The van der Waals surface area contributed by atoms with E-state index in [-0.39, 0.29) is 15.3 Å². The molecule has 6 heteroatoms. The molecule has 4 nitrogen and oxygen atoms in total. The molecule has 0 aromatic heterocycles. The molecule has 0 bridgehead atoms. The molecule has 114 valence electrons. The number of sulfonamides is 1. The van der Waals surface area contributed by atoms with Crippen molar-refractivity contribution in [3.8, 4) is 0 Å². The molecule has 3 N–H and O–H groups in total. The van der Waals surface area contributed by atoms with Crippen LogP contribution in [0.4, 0.5) is 5.69 Å². The van der Waals surface area contributed by atoms with Gasteiger partial charge in [-0.2, -0.15) is 0 Å². The molecule has 0 unspecified atom stereocenters. The third kappa shape index (κ3) is 4.96. The van der Waals surface area contributed by atoms with E-state index in [1.54, 1.807) is 0 Å². The maximum atomic E-state index is 12.4. The zero-order valence-electron chi connectivity index (χ0n) is 12.6. The average molecular weight is 319 g/mol. The van der Waals surface area contributed by atoms with Crippen LogP contribution in [0.2, 0.25) is 5.02 Å². The van der Waals surface area contributed by atoms with Crippen molar-refractivity contribution in [2.75, 3.05) is 5.73 Å². The third-order valence-electron chi connectivity index (χ3n) is 2.63. The molecule has 1 aromatic rings. The van der Waals surface area contributed by atoms with E-state index in [0.717, 1.165) is 0 Å². The lowest BCUT2D eigenvalue weighted by Gasteiger charge is -2.33. The Morgan fingerprint density at radius 2 is 1.75 bits per heavy atom. The predicted molar refractivity (Wildman–Crippen MR) is 84.3 cm³/mol. The Morgan fingerprint density at radius 1 is 1.20 bits per heavy atom. The number of halogens is 1. The summed E-state index contributed by atoms with van der Waals surface area (Å²) < 4.78 is 27.6. The molecule has 0 saturated carbocycles. The van der Waals surface area contributed by atoms with Crippen LogP contribution in [0.1, 0.15) is 41.0 Å². The van der Waals surface area contributed by atoms with Crippen molar-refractivity contribution < 1.29 is 8.42 Å². The molecule has 0 saturated heterocycles. The van der Waals surface area contributed by atoms with Gasteiger partial charge in [-0.05, 0) is 43.9 Å². The zero-order valence-corrected chi connectivity index (χ0v) is 14.2. The highest BCUT2D eigenvalue weighted by molar-refractivity contribution is 7.89. The fourth-order valence-electron chi connectivity index (χ4n) is 2.52. The van der Waals surface area contributed by atoms with Gasteiger partial charge in [-0.25, -0.2) is 13.1 Å². The Morgan fingerprint density at radius 3 is 2.20 bits per heavy atom. The quantitative estimate of drug-likeness (QED) is 0.835. The summed E-state index contributed by atoms with van der Waals surface area (Å²) in [7, 11) is -3.68. The van der Waals surface area contributed by atoms with Crippen molar-refractivity contribution in [1.82, 2.24) is 4.72 Å². The minimum atomic E-state index is -3.68. The number of nitrogens with two attached hydrogens (primary N) is 1. The van der Waals surface area contributed by atoms with Crippen molar-refractivity contribution >= 4 is 27.3 Å². The Balaban J connectivity index is 3.06. The number of nitrogens with one attached hydrogen (secondary N) is 1. The first-order valence-electron chi connectivity index (χ1n) is 6.41. The van der Waals surface area contributed by atoms with Crippen LogP contribution in [0.25, 0.3) is 0 Å². The highest BCUT2D eigenvalue weighted by Crippen LogP contribution is 2.30. The zero-order chi connectivity index (χ0) is 15.8. The molecule has 0 fully saturated rings. The number of anilines is 1. The molecule has 20 heavy (non-hydrogen) atoms. The second-order valence-corrected chi connectivity index (χ2v) is 8.97. The number of nitrogen functional groups attached to an aromatic ring is 1. The normalized spacial score (nSPS) is 13.5. The van der Waals surface area contributed by atoms with Gasteiger partial charge in [-0.15, -0.1) is 0 Å². The second kappa shape index (κ2) is 5.54. The molecule has 0 spiro atoms. The average Bonchev–Trinajstić information content (AvgIpc) is 2.09. The Bertz CT molecular complexity index is 590. The van der Waals surface area contributed by atoms with E-state index < -0.39 is 15.6 Å². The van der Waals surface area contributed by atoms with Gasteiger partial charge >= 0.3 is 0 Å². The van der Waals surface area contributed by atoms with E-state index in [1.165, 1.54) is 18.2 Å². The van der Waals surface area contributed by atoms with Gasteiger partial charge in [-0.1, -0.05) is 32.4 Å². The number of benzene rings is 1. The van der Waals surface area contributed by atoms with Gasteiger partial charge in [0.2, 0.25) is 10.0 Å². The summed E-state index contributed by atoms with van der Waals surface area (Å²) in [5.41, 5.74) is 5.46. The van der Waals surface area contributed by atoms with Gasteiger partial charge in [0, 0.05) is 11.2 Å². The molecular weight excluding hydrogens is 296 g/mol. The standard InChI is InChI=1S/C14H23ClN2O2S/c1-13(2,3)9-14(4,5)17-20(18,19)12-7-6-10(16)8-11(12)15/h6-8,17H,9,16H2,1-5H3. The Kier molecular flexibility index (Phi) is 4.79. The fourth-order valence-corrected chi connectivity index (χ4v) is 4.48. The van der Waals surface area contributed by atoms with E-state index in [1.807, 2.05) is 13.8 Å². The van der Waals surface area contributed by atoms with Gasteiger partial charge in [0.05, 0.1) is 5.02 Å². The minimum absolute atomic E-state index is 0.0108.